The second kappa shape index (κ2) is 6.95. The molecule has 0 aromatic heterocycles. The van der Waals surface area contributed by atoms with E-state index in [9.17, 15) is 5.26 Å². The van der Waals surface area contributed by atoms with E-state index >= 15 is 0 Å². The zero-order chi connectivity index (χ0) is 15.2. The molecular weight excluding hydrogens is 258 g/mol. The van der Waals surface area contributed by atoms with Gasteiger partial charge in [0.1, 0.15) is 5.75 Å². The molecule has 2 aromatic carbocycles. The lowest BCUT2D eigenvalue weighted by molar-refractivity contribution is 0.272. The van der Waals surface area contributed by atoms with E-state index in [1.165, 1.54) is 5.56 Å². The minimum absolute atomic E-state index is 0.512. The Labute approximate surface area is 127 Å². The number of rotatable bonds is 1. The van der Waals surface area contributed by atoms with Crippen LogP contribution in [0.3, 0.4) is 0 Å². The maximum absolute atomic E-state index is 9.20. The van der Waals surface area contributed by atoms with Crippen LogP contribution in [0.25, 0.3) is 11.1 Å². The summed E-state index contributed by atoms with van der Waals surface area (Å²) < 4.78 is 5.68. The molecule has 108 valence electrons. The third-order valence-electron chi connectivity index (χ3n) is 3.71. The number of hydrogen-bond acceptors (Lipinski definition) is 2. The molecule has 0 spiro atoms. The summed E-state index contributed by atoms with van der Waals surface area (Å²) in [5.74, 6) is 1.50. The third kappa shape index (κ3) is 3.08. The van der Waals surface area contributed by atoms with E-state index in [-0.39, 0.29) is 0 Å². The average molecular weight is 279 g/mol. The van der Waals surface area contributed by atoms with Gasteiger partial charge in [-0.15, -0.1) is 0 Å². The van der Waals surface area contributed by atoms with Crippen LogP contribution in [0, 0.1) is 11.3 Å². The molecule has 1 atom stereocenters. The van der Waals surface area contributed by atoms with Gasteiger partial charge in [0, 0.05) is 0 Å². The maximum Gasteiger partial charge on any atom is 0.122 e. The second-order valence-electron chi connectivity index (χ2n) is 4.95. The van der Waals surface area contributed by atoms with Crippen LogP contribution in [0.1, 0.15) is 44.2 Å². The normalized spacial score (nSPS) is 15.8. The van der Waals surface area contributed by atoms with Gasteiger partial charge in [-0.2, -0.15) is 5.26 Å². The molecule has 0 N–H and O–H groups in total. The van der Waals surface area contributed by atoms with E-state index in [2.05, 4.69) is 19.1 Å². The fourth-order valence-corrected chi connectivity index (χ4v) is 2.57. The Morgan fingerprint density at radius 3 is 2.67 bits per heavy atom. The van der Waals surface area contributed by atoms with E-state index in [0.717, 1.165) is 29.9 Å². The Morgan fingerprint density at radius 1 is 1.14 bits per heavy atom. The Balaban J connectivity index is 0.000000774. The van der Waals surface area contributed by atoms with Crippen LogP contribution < -0.4 is 4.74 Å². The smallest absolute Gasteiger partial charge is 0.122 e. The molecule has 0 radical (unpaired) electrons. The van der Waals surface area contributed by atoms with Crippen molar-refractivity contribution in [1.29, 1.82) is 5.26 Å². The Morgan fingerprint density at radius 2 is 1.90 bits per heavy atom. The van der Waals surface area contributed by atoms with Crippen LogP contribution >= 0.6 is 0 Å². The molecule has 1 aliphatic heterocycles. The molecule has 0 saturated carbocycles. The van der Waals surface area contributed by atoms with Gasteiger partial charge in [-0.25, -0.2) is 0 Å². The molecule has 1 aliphatic rings. The highest BCUT2D eigenvalue weighted by Gasteiger charge is 2.18. The molecule has 0 aliphatic carbocycles. The monoisotopic (exact) mass is 279 g/mol. The second-order valence-corrected chi connectivity index (χ2v) is 4.95. The molecule has 3 rings (SSSR count). The van der Waals surface area contributed by atoms with Crippen LogP contribution in [0.2, 0.25) is 0 Å². The molecule has 0 fully saturated rings. The maximum atomic E-state index is 9.20. The van der Waals surface area contributed by atoms with Gasteiger partial charge in [-0.05, 0) is 47.2 Å². The van der Waals surface area contributed by atoms with E-state index in [4.69, 9.17) is 4.74 Å². The van der Waals surface area contributed by atoms with Crippen molar-refractivity contribution >= 4 is 0 Å². The van der Waals surface area contributed by atoms with Crippen LogP contribution in [-0.4, -0.2) is 6.61 Å². The van der Waals surface area contributed by atoms with Crippen LogP contribution in [0.4, 0.5) is 0 Å². The minimum atomic E-state index is 0.512. The van der Waals surface area contributed by atoms with Gasteiger partial charge in [-0.1, -0.05) is 45.0 Å². The predicted molar refractivity (Wildman–Crippen MR) is 86.5 cm³/mol. The lowest BCUT2D eigenvalue weighted by atomic mass is 9.91. The van der Waals surface area contributed by atoms with Gasteiger partial charge < -0.3 is 4.74 Å². The summed E-state index contributed by atoms with van der Waals surface area (Å²) >= 11 is 0. The zero-order valence-corrected chi connectivity index (χ0v) is 12.9. The van der Waals surface area contributed by atoms with Gasteiger partial charge in [0.05, 0.1) is 18.2 Å². The lowest BCUT2D eigenvalue weighted by Gasteiger charge is -2.23. The summed E-state index contributed by atoms with van der Waals surface area (Å²) in [5, 5.41) is 9.20. The molecule has 0 bridgehead atoms. The first-order valence-electron chi connectivity index (χ1n) is 7.56. The molecule has 0 amide bonds. The number of nitriles is 1. The van der Waals surface area contributed by atoms with Gasteiger partial charge in [-0.3, -0.25) is 0 Å². The highest BCUT2D eigenvalue weighted by atomic mass is 16.5. The first kappa shape index (κ1) is 15.1. The summed E-state index contributed by atoms with van der Waals surface area (Å²) in [7, 11) is 0. The molecular formula is C19H21NO. The first-order valence-corrected chi connectivity index (χ1v) is 7.56. The number of hydrogen-bond donors (Lipinski definition) is 0. The van der Waals surface area contributed by atoms with Crippen molar-refractivity contribution in [2.75, 3.05) is 6.61 Å². The van der Waals surface area contributed by atoms with E-state index in [1.807, 2.05) is 50.2 Å². The summed E-state index contributed by atoms with van der Waals surface area (Å²) in [6, 6.07) is 16.2. The molecule has 21 heavy (non-hydrogen) atoms. The fourth-order valence-electron chi connectivity index (χ4n) is 2.57. The van der Waals surface area contributed by atoms with Crippen LogP contribution in [0.5, 0.6) is 5.75 Å². The van der Waals surface area contributed by atoms with E-state index in [1.54, 1.807) is 0 Å². The topological polar surface area (TPSA) is 33.0 Å². The Kier molecular flexibility index (Phi) is 5.00. The SMILES string of the molecule is CC.CC1CCOc2ccc(-c3ccccc3C#N)cc21. The van der Waals surface area contributed by atoms with E-state index in [0.29, 0.717) is 11.5 Å². The summed E-state index contributed by atoms with van der Waals surface area (Å²) in [6.07, 6.45) is 1.05. The van der Waals surface area contributed by atoms with Gasteiger partial charge in [0.25, 0.3) is 0 Å². The highest BCUT2D eigenvalue weighted by molar-refractivity contribution is 5.72. The summed E-state index contributed by atoms with van der Waals surface area (Å²) in [6.45, 7) is 7.02. The largest absolute Gasteiger partial charge is 0.493 e. The number of benzene rings is 2. The molecule has 2 nitrogen and oxygen atoms in total. The third-order valence-corrected chi connectivity index (χ3v) is 3.71. The van der Waals surface area contributed by atoms with Crippen molar-refractivity contribution in [2.45, 2.75) is 33.1 Å². The lowest BCUT2D eigenvalue weighted by Crippen LogP contribution is -2.11. The number of ether oxygens (including phenoxy) is 1. The molecule has 1 unspecified atom stereocenters. The quantitative estimate of drug-likeness (QED) is 0.724. The zero-order valence-electron chi connectivity index (χ0n) is 12.9. The molecule has 2 aromatic rings. The summed E-state index contributed by atoms with van der Waals surface area (Å²) in [4.78, 5) is 0. The van der Waals surface area contributed by atoms with Crippen molar-refractivity contribution < 1.29 is 4.74 Å². The van der Waals surface area contributed by atoms with Crippen molar-refractivity contribution in [3.63, 3.8) is 0 Å². The summed E-state index contributed by atoms with van der Waals surface area (Å²) in [5.41, 5.74) is 4.04. The Bertz CT molecular complexity index is 655. The van der Waals surface area contributed by atoms with Gasteiger partial charge in [0.2, 0.25) is 0 Å². The fraction of sp³-hybridized carbons (Fsp3) is 0.316. The molecule has 0 saturated heterocycles. The van der Waals surface area contributed by atoms with Crippen molar-refractivity contribution in [1.82, 2.24) is 0 Å². The minimum Gasteiger partial charge on any atom is -0.493 e. The van der Waals surface area contributed by atoms with Crippen molar-refractivity contribution in [3.8, 4) is 22.9 Å². The number of fused-ring (bicyclic) bond motifs is 1. The van der Waals surface area contributed by atoms with Gasteiger partial charge >= 0.3 is 0 Å². The van der Waals surface area contributed by atoms with Crippen molar-refractivity contribution in [2.24, 2.45) is 0 Å². The predicted octanol–water partition coefficient (Wildman–Crippen LogP) is 5.14. The Hall–Kier alpha value is -2.27. The molecule has 2 heteroatoms. The van der Waals surface area contributed by atoms with Crippen LogP contribution in [0.15, 0.2) is 42.5 Å². The van der Waals surface area contributed by atoms with Crippen LogP contribution in [-0.2, 0) is 0 Å². The molecule has 1 heterocycles. The van der Waals surface area contributed by atoms with Crippen molar-refractivity contribution in [3.05, 3.63) is 53.6 Å². The number of nitrogens with zero attached hydrogens (tertiary/aromatic N) is 1. The van der Waals surface area contributed by atoms with Gasteiger partial charge in [0.15, 0.2) is 0 Å². The highest BCUT2D eigenvalue weighted by Crippen LogP contribution is 2.36. The average Bonchev–Trinajstić information content (AvgIpc) is 2.57. The standard InChI is InChI=1S/C17H15NO.C2H6/c1-12-8-9-19-17-7-6-13(10-16(12)17)15-5-3-2-4-14(15)11-18;1-2/h2-7,10,12H,8-9H2,1H3;1-2H3. The van der Waals surface area contributed by atoms with E-state index < -0.39 is 0 Å². The first-order chi connectivity index (χ1) is 10.3.